The van der Waals surface area contributed by atoms with E-state index in [9.17, 15) is 9.59 Å². The summed E-state index contributed by atoms with van der Waals surface area (Å²) in [5, 5.41) is 3.01. The molecule has 1 rings (SSSR count). The second-order valence-electron chi connectivity index (χ2n) is 5.77. The number of rotatable bonds is 9. The first-order chi connectivity index (χ1) is 10.2. The predicted molar refractivity (Wildman–Crippen MR) is 82.9 cm³/mol. The summed E-state index contributed by atoms with van der Waals surface area (Å²) < 4.78 is 4.94. The highest BCUT2D eigenvalue weighted by atomic mass is 16.5. The highest BCUT2D eigenvalue weighted by Crippen LogP contribution is 2.17. The number of piperidine rings is 1. The van der Waals surface area contributed by atoms with Gasteiger partial charge in [-0.3, -0.25) is 9.59 Å². The van der Waals surface area contributed by atoms with Gasteiger partial charge in [0.1, 0.15) is 0 Å². The Morgan fingerprint density at radius 1 is 1.29 bits per heavy atom. The first-order valence-electron chi connectivity index (χ1n) is 8.23. The van der Waals surface area contributed by atoms with Crippen molar-refractivity contribution in [1.29, 1.82) is 0 Å². The van der Waals surface area contributed by atoms with Crippen molar-refractivity contribution in [2.75, 3.05) is 33.4 Å². The van der Waals surface area contributed by atoms with E-state index in [1.807, 2.05) is 4.90 Å². The van der Waals surface area contributed by atoms with Crippen LogP contribution in [-0.4, -0.2) is 50.1 Å². The van der Waals surface area contributed by atoms with E-state index >= 15 is 0 Å². The Labute approximate surface area is 128 Å². The molecule has 21 heavy (non-hydrogen) atoms. The number of nitrogens with one attached hydrogen (secondary N) is 1. The second kappa shape index (κ2) is 10.6. The van der Waals surface area contributed by atoms with Crippen molar-refractivity contribution in [3.63, 3.8) is 0 Å². The van der Waals surface area contributed by atoms with Crippen molar-refractivity contribution in [2.24, 2.45) is 5.92 Å². The normalized spacial score (nSPS) is 18.6. The van der Waals surface area contributed by atoms with Crippen LogP contribution in [0.3, 0.4) is 0 Å². The van der Waals surface area contributed by atoms with Crippen LogP contribution in [0.25, 0.3) is 0 Å². The van der Waals surface area contributed by atoms with Gasteiger partial charge in [-0.15, -0.1) is 0 Å². The molecule has 1 aliphatic heterocycles. The lowest BCUT2D eigenvalue weighted by atomic mass is 9.97. The van der Waals surface area contributed by atoms with Crippen LogP contribution in [-0.2, 0) is 14.3 Å². The molecule has 1 saturated heterocycles. The summed E-state index contributed by atoms with van der Waals surface area (Å²) in [5.41, 5.74) is 0. The van der Waals surface area contributed by atoms with Gasteiger partial charge in [0, 0.05) is 26.7 Å². The summed E-state index contributed by atoms with van der Waals surface area (Å²) in [6.07, 6.45) is 6.84. The summed E-state index contributed by atoms with van der Waals surface area (Å²) in [6.45, 7) is 4.71. The van der Waals surface area contributed by atoms with E-state index in [2.05, 4.69) is 12.2 Å². The molecule has 1 fully saturated rings. The fourth-order valence-electron chi connectivity index (χ4n) is 2.67. The van der Waals surface area contributed by atoms with Crippen molar-refractivity contribution >= 4 is 11.8 Å². The van der Waals surface area contributed by atoms with Crippen LogP contribution in [0.15, 0.2) is 0 Å². The molecule has 0 saturated carbocycles. The largest absolute Gasteiger partial charge is 0.384 e. The van der Waals surface area contributed by atoms with Gasteiger partial charge in [0.2, 0.25) is 11.8 Å². The van der Waals surface area contributed by atoms with E-state index in [-0.39, 0.29) is 17.7 Å². The molecule has 1 aliphatic rings. The number of hydrogen-bond acceptors (Lipinski definition) is 3. The zero-order valence-electron chi connectivity index (χ0n) is 13.5. The van der Waals surface area contributed by atoms with Gasteiger partial charge >= 0.3 is 0 Å². The van der Waals surface area contributed by atoms with Crippen molar-refractivity contribution in [2.45, 2.75) is 51.9 Å². The van der Waals surface area contributed by atoms with E-state index in [0.717, 1.165) is 32.4 Å². The molecule has 1 atom stereocenters. The molecule has 0 aromatic heterocycles. The average Bonchev–Trinajstić information content (AvgIpc) is 2.52. The van der Waals surface area contributed by atoms with E-state index in [1.54, 1.807) is 7.11 Å². The van der Waals surface area contributed by atoms with Crippen LogP contribution in [0, 0.1) is 5.92 Å². The number of ether oxygens (including phenoxy) is 1. The Morgan fingerprint density at radius 2 is 2.10 bits per heavy atom. The number of carbonyl (C=O) groups is 2. The summed E-state index contributed by atoms with van der Waals surface area (Å²) in [7, 11) is 1.60. The number of nitrogens with zero attached hydrogens (tertiary/aromatic N) is 1. The number of amides is 2. The van der Waals surface area contributed by atoms with E-state index in [0.29, 0.717) is 19.6 Å². The number of hydrogen-bond donors (Lipinski definition) is 1. The highest BCUT2D eigenvalue weighted by Gasteiger charge is 2.27. The molecule has 0 radical (unpaired) electrons. The summed E-state index contributed by atoms with van der Waals surface area (Å²) in [4.78, 5) is 25.9. The molecule has 1 unspecified atom stereocenters. The summed E-state index contributed by atoms with van der Waals surface area (Å²) in [6, 6.07) is 0. The fraction of sp³-hybridized carbons (Fsp3) is 0.875. The smallest absolute Gasteiger partial charge is 0.224 e. The molecule has 0 aromatic rings. The van der Waals surface area contributed by atoms with Crippen molar-refractivity contribution in [1.82, 2.24) is 10.2 Å². The fourth-order valence-corrected chi connectivity index (χ4v) is 2.67. The van der Waals surface area contributed by atoms with E-state index in [4.69, 9.17) is 4.74 Å². The molecular formula is C16H30N2O3. The number of unbranched alkanes of at least 4 members (excludes halogenated alkanes) is 3. The molecule has 1 heterocycles. The minimum Gasteiger partial charge on any atom is -0.384 e. The second-order valence-corrected chi connectivity index (χ2v) is 5.77. The first-order valence-corrected chi connectivity index (χ1v) is 8.23. The molecule has 0 bridgehead atoms. The molecule has 0 aliphatic carbocycles. The highest BCUT2D eigenvalue weighted by molar-refractivity contribution is 5.81. The predicted octanol–water partition coefficient (Wildman–Crippen LogP) is 1.96. The van der Waals surface area contributed by atoms with Gasteiger partial charge in [-0.2, -0.15) is 0 Å². The minimum atomic E-state index is -0.0450. The third-order valence-electron chi connectivity index (χ3n) is 3.99. The Hall–Kier alpha value is -1.10. The molecule has 122 valence electrons. The van der Waals surface area contributed by atoms with Gasteiger partial charge in [0.15, 0.2) is 0 Å². The van der Waals surface area contributed by atoms with Crippen LogP contribution in [0.4, 0.5) is 0 Å². The van der Waals surface area contributed by atoms with Gasteiger partial charge in [0.25, 0.3) is 0 Å². The number of likely N-dealkylation sites (tertiary alicyclic amines) is 1. The topological polar surface area (TPSA) is 58.6 Å². The maximum atomic E-state index is 12.1. The molecule has 5 nitrogen and oxygen atoms in total. The molecule has 0 aromatic carbocycles. The van der Waals surface area contributed by atoms with Crippen LogP contribution in [0.5, 0.6) is 0 Å². The standard InChI is InChI=1S/C16H30N2O3/c1-3-4-5-6-10-17-16(20)14-8-7-11-18(13-14)15(19)9-12-21-2/h14H,3-13H2,1-2H3,(H,17,20). The minimum absolute atomic E-state index is 0.0450. The molecule has 2 amide bonds. The van der Waals surface area contributed by atoms with Crippen LogP contribution in [0.1, 0.15) is 51.9 Å². The van der Waals surface area contributed by atoms with Crippen molar-refractivity contribution < 1.29 is 14.3 Å². The Morgan fingerprint density at radius 3 is 2.81 bits per heavy atom. The quantitative estimate of drug-likeness (QED) is 0.662. The first kappa shape index (κ1) is 18.0. The van der Waals surface area contributed by atoms with E-state index < -0.39 is 0 Å². The SMILES string of the molecule is CCCCCCNC(=O)C1CCCN(C(=O)CCOC)C1. The maximum absolute atomic E-state index is 12.1. The number of methoxy groups -OCH3 is 1. The zero-order chi connectivity index (χ0) is 15.5. The van der Waals surface area contributed by atoms with E-state index in [1.165, 1.54) is 19.3 Å². The molecule has 5 heteroatoms. The molecule has 1 N–H and O–H groups in total. The Bertz CT molecular complexity index is 321. The summed E-state index contributed by atoms with van der Waals surface area (Å²) in [5.74, 6) is 0.157. The van der Waals surface area contributed by atoms with Crippen molar-refractivity contribution in [3.8, 4) is 0 Å². The van der Waals surface area contributed by atoms with Gasteiger partial charge in [-0.1, -0.05) is 26.2 Å². The van der Waals surface area contributed by atoms with Crippen LogP contribution in [0.2, 0.25) is 0 Å². The van der Waals surface area contributed by atoms with Gasteiger partial charge in [-0.05, 0) is 19.3 Å². The van der Waals surface area contributed by atoms with Gasteiger partial charge < -0.3 is 15.0 Å². The molecule has 0 spiro atoms. The monoisotopic (exact) mass is 298 g/mol. The lowest BCUT2D eigenvalue weighted by molar-refractivity contribution is -0.136. The summed E-state index contributed by atoms with van der Waals surface area (Å²) >= 11 is 0. The Kier molecular flexibility index (Phi) is 9.06. The van der Waals surface area contributed by atoms with Gasteiger partial charge in [0.05, 0.1) is 18.9 Å². The van der Waals surface area contributed by atoms with Crippen molar-refractivity contribution in [3.05, 3.63) is 0 Å². The number of carbonyl (C=O) groups excluding carboxylic acids is 2. The third kappa shape index (κ3) is 6.93. The van der Waals surface area contributed by atoms with Crippen LogP contribution >= 0.6 is 0 Å². The maximum Gasteiger partial charge on any atom is 0.224 e. The molecular weight excluding hydrogens is 268 g/mol. The third-order valence-corrected chi connectivity index (χ3v) is 3.99. The average molecular weight is 298 g/mol. The Balaban J connectivity index is 2.27. The zero-order valence-corrected chi connectivity index (χ0v) is 13.5. The van der Waals surface area contributed by atoms with Crippen LogP contribution < -0.4 is 5.32 Å². The van der Waals surface area contributed by atoms with Gasteiger partial charge in [-0.25, -0.2) is 0 Å². The lowest BCUT2D eigenvalue weighted by Gasteiger charge is -2.32. The lowest BCUT2D eigenvalue weighted by Crippen LogP contribution is -2.45.